The van der Waals surface area contributed by atoms with E-state index in [0.717, 1.165) is 31.7 Å². The molecule has 0 saturated heterocycles. The molecule has 0 aliphatic rings. The Bertz CT molecular complexity index is 260. The second-order valence-electron chi connectivity index (χ2n) is 5.80. The molecular weight excluding hydrogens is 248 g/mol. The van der Waals surface area contributed by atoms with Crippen molar-refractivity contribution in [3.05, 3.63) is 17.9 Å². The van der Waals surface area contributed by atoms with Crippen LogP contribution in [0.5, 0.6) is 0 Å². The monoisotopic (exact) mass is 274 g/mol. The Hall–Kier alpha value is -0.0131. The van der Waals surface area contributed by atoms with Crippen LogP contribution in [0.4, 0.5) is 0 Å². The van der Waals surface area contributed by atoms with Gasteiger partial charge in [0.05, 0.1) is 0 Å². The quantitative estimate of drug-likeness (QED) is 0.271. The van der Waals surface area contributed by atoms with E-state index in [1.54, 1.807) is 0 Å². The Morgan fingerprint density at radius 2 is 1.76 bits per heavy atom. The zero-order valence-electron chi connectivity index (χ0n) is 12.0. The van der Waals surface area contributed by atoms with E-state index in [1.165, 1.54) is 0 Å². The Kier molecular flexibility index (Phi) is 8.15. The molecule has 0 aliphatic heterocycles. The molecule has 0 aliphatic carbocycles. The first-order valence-electron chi connectivity index (χ1n) is 6.40. The highest BCUT2D eigenvalue weighted by atomic mass is 35.5. The van der Waals surface area contributed by atoms with Gasteiger partial charge in [-0.2, -0.15) is 0 Å². The highest BCUT2D eigenvalue weighted by molar-refractivity contribution is 6.74. The lowest BCUT2D eigenvalue weighted by Gasteiger charge is -2.36. The third-order valence-electron chi connectivity index (χ3n) is 3.25. The second-order valence-corrected chi connectivity index (χ2v) is 11.0. The molecule has 0 atom stereocenters. The molecule has 0 saturated carbocycles. The molecule has 0 unspecified atom stereocenters. The van der Waals surface area contributed by atoms with Gasteiger partial charge >= 0.3 is 0 Å². The normalized spacial score (nSPS) is 12.1. The summed E-state index contributed by atoms with van der Waals surface area (Å²) in [5.41, 5.74) is 3.17. The minimum atomic E-state index is -1.56. The highest BCUT2D eigenvalue weighted by Crippen LogP contribution is 2.36. The van der Waals surface area contributed by atoms with E-state index >= 15 is 0 Å². The van der Waals surface area contributed by atoms with Crippen LogP contribution in [-0.2, 0) is 4.43 Å². The molecule has 0 bridgehead atoms. The maximum atomic E-state index is 6.05. The van der Waals surface area contributed by atoms with Crippen molar-refractivity contribution < 1.29 is 4.43 Å². The van der Waals surface area contributed by atoms with E-state index in [2.05, 4.69) is 51.7 Å². The first kappa shape index (κ1) is 17.0. The molecule has 1 nitrogen and oxygen atoms in total. The first-order valence-corrected chi connectivity index (χ1v) is 9.85. The van der Waals surface area contributed by atoms with Crippen molar-refractivity contribution in [3.63, 3.8) is 0 Å². The van der Waals surface area contributed by atoms with Crippen molar-refractivity contribution in [2.45, 2.75) is 58.2 Å². The summed E-state index contributed by atoms with van der Waals surface area (Å²) in [7, 11) is -1.56. The summed E-state index contributed by atoms with van der Waals surface area (Å²) in [6, 6.07) is 0. The summed E-state index contributed by atoms with van der Waals surface area (Å²) < 4.78 is 6.05. The Morgan fingerprint density at radius 1 is 1.18 bits per heavy atom. The average Bonchev–Trinajstić information content (AvgIpc) is 2.20. The predicted octanol–water partition coefficient (Wildman–Crippen LogP) is 5.13. The number of hydrogen-bond donors (Lipinski definition) is 0. The second kappa shape index (κ2) is 8.15. The fourth-order valence-electron chi connectivity index (χ4n) is 1.02. The van der Waals surface area contributed by atoms with E-state index in [9.17, 15) is 0 Å². The Morgan fingerprint density at radius 3 is 2.29 bits per heavy atom. The van der Waals surface area contributed by atoms with E-state index in [1.807, 2.05) is 0 Å². The van der Waals surface area contributed by atoms with Crippen molar-refractivity contribution in [2.75, 3.05) is 12.5 Å². The van der Waals surface area contributed by atoms with Crippen LogP contribution in [0.25, 0.3) is 0 Å². The van der Waals surface area contributed by atoms with Crippen LogP contribution in [0.1, 0.15) is 40.0 Å². The summed E-state index contributed by atoms with van der Waals surface area (Å²) in [5.74, 6) is 0.729. The maximum absolute atomic E-state index is 6.05. The van der Waals surface area contributed by atoms with Crippen molar-refractivity contribution in [1.82, 2.24) is 0 Å². The third-order valence-corrected chi connectivity index (χ3v) is 8.05. The van der Waals surface area contributed by atoms with Crippen LogP contribution >= 0.6 is 11.6 Å². The van der Waals surface area contributed by atoms with Gasteiger partial charge in [0.25, 0.3) is 0 Å². The maximum Gasteiger partial charge on any atom is 0.191 e. The molecule has 0 aromatic carbocycles. The summed E-state index contributed by atoms with van der Waals surface area (Å²) in [5, 5.41) is 0.299. The molecule has 0 rings (SSSR count). The molecule has 100 valence electrons. The largest absolute Gasteiger partial charge is 0.416 e. The van der Waals surface area contributed by atoms with Gasteiger partial charge < -0.3 is 4.43 Å². The van der Waals surface area contributed by atoms with Crippen LogP contribution < -0.4 is 0 Å². The molecule has 0 radical (unpaired) electrons. The van der Waals surface area contributed by atoms with Gasteiger partial charge in [0.15, 0.2) is 8.32 Å². The molecule has 0 heterocycles. The number of hydrogen-bond acceptors (Lipinski definition) is 1. The summed E-state index contributed by atoms with van der Waals surface area (Å²) in [4.78, 5) is 0. The molecule has 0 aromatic heterocycles. The van der Waals surface area contributed by atoms with Crippen molar-refractivity contribution in [2.24, 2.45) is 0 Å². The van der Waals surface area contributed by atoms with Crippen LogP contribution in [-0.4, -0.2) is 20.8 Å². The van der Waals surface area contributed by atoms with Crippen LogP contribution in [0.3, 0.4) is 0 Å². The SMILES string of the molecule is CC(C)(C)[Si](C)(C)OCCC=C=CCCCCl. The number of unbranched alkanes of at least 4 members (excludes halogenated alkanes) is 1. The molecule has 0 amide bonds. The van der Waals surface area contributed by atoms with Gasteiger partial charge in [0.2, 0.25) is 0 Å². The first-order chi connectivity index (χ1) is 7.81. The lowest BCUT2D eigenvalue weighted by Crippen LogP contribution is -2.40. The minimum absolute atomic E-state index is 0.299. The van der Waals surface area contributed by atoms with Gasteiger partial charge in [-0.3, -0.25) is 0 Å². The number of alkyl halides is 1. The zero-order chi connectivity index (χ0) is 13.4. The smallest absolute Gasteiger partial charge is 0.191 e. The van der Waals surface area contributed by atoms with Gasteiger partial charge in [-0.1, -0.05) is 20.8 Å². The van der Waals surface area contributed by atoms with Gasteiger partial charge in [-0.15, -0.1) is 17.3 Å². The standard InChI is InChI=1S/C14H27ClOSi/c1-14(2,3)17(4,5)16-13-11-9-7-6-8-10-12-15/h6,9H,8,10-13H2,1-5H3. The van der Waals surface area contributed by atoms with Gasteiger partial charge in [-0.05, 0) is 49.5 Å². The molecule has 0 spiro atoms. The molecule has 3 heteroatoms. The number of halogens is 1. The summed E-state index contributed by atoms with van der Waals surface area (Å²) in [6.07, 6.45) is 7.10. The van der Waals surface area contributed by atoms with E-state index in [0.29, 0.717) is 5.04 Å². The predicted molar refractivity (Wildman–Crippen MR) is 80.4 cm³/mol. The van der Waals surface area contributed by atoms with Crippen LogP contribution in [0.2, 0.25) is 18.1 Å². The average molecular weight is 275 g/mol. The van der Waals surface area contributed by atoms with Gasteiger partial charge in [0, 0.05) is 12.5 Å². The zero-order valence-corrected chi connectivity index (χ0v) is 13.7. The molecule has 17 heavy (non-hydrogen) atoms. The third kappa shape index (κ3) is 7.83. The molecule has 0 N–H and O–H groups in total. The van der Waals surface area contributed by atoms with Gasteiger partial charge in [-0.25, -0.2) is 0 Å². The Labute approximate surface area is 113 Å². The topological polar surface area (TPSA) is 9.23 Å². The molecule has 0 aromatic rings. The van der Waals surface area contributed by atoms with E-state index < -0.39 is 8.32 Å². The van der Waals surface area contributed by atoms with E-state index in [4.69, 9.17) is 16.0 Å². The van der Waals surface area contributed by atoms with E-state index in [-0.39, 0.29) is 0 Å². The highest BCUT2D eigenvalue weighted by Gasteiger charge is 2.36. The summed E-state index contributed by atoms with van der Waals surface area (Å²) >= 11 is 5.58. The summed E-state index contributed by atoms with van der Waals surface area (Å²) in [6.45, 7) is 12.2. The molecular formula is C14H27ClOSi. The Balaban J connectivity index is 3.82. The van der Waals surface area contributed by atoms with Gasteiger partial charge in [0.1, 0.15) is 0 Å². The van der Waals surface area contributed by atoms with Crippen molar-refractivity contribution in [1.29, 1.82) is 0 Å². The lowest BCUT2D eigenvalue weighted by atomic mass is 10.2. The minimum Gasteiger partial charge on any atom is -0.416 e. The fraction of sp³-hybridized carbons (Fsp3) is 0.786. The van der Waals surface area contributed by atoms with Crippen LogP contribution in [0, 0.1) is 0 Å². The van der Waals surface area contributed by atoms with Crippen LogP contribution in [0.15, 0.2) is 17.9 Å². The van der Waals surface area contributed by atoms with Crippen molar-refractivity contribution in [3.8, 4) is 0 Å². The van der Waals surface area contributed by atoms with Crippen molar-refractivity contribution >= 4 is 19.9 Å². The number of rotatable bonds is 7. The lowest BCUT2D eigenvalue weighted by molar-refractivity contribution is 0.294. The fourth-order valence-corrected chi connectivity index (χ4v) is 2.23. The molecule has 0 fully saturated rings.